The van der Waals surface area contributed by atoms with Crippen molar-refractivity contribution < 1.29 is 38.4 Å². The summed E-state index contributed by atoms with van der Waals surface area (Å²) in [5, 5.41) is 20.1. The molecule has 218 valence electrons. The third-order valence-corrected chi connectivity index (χ3v) is 7.19. The zero-order chi connectivity index (χ0) is 29.3. The van der Waals surface area contributed by atoms with Crippen molar-refractivity contribution in [2.45, 2.75) is 78.0 Å². The first-order valence-electron chi connectivity index (χ1n) is 13.2. The predicted molar refractivity (Wildman–Crippen MR) is 144 cm³/mol. The van der Waals surface area contributed by atoms with E-state index in [1.165, 1.54) is 4.57 Å². The standard InChI is InChI=1S/C26H41N5O7S/c1-15(2)7-8-18(23(35)26(5)14-38-26)29-22(34)12-28-24(36)19(9-16(3)4)30-21(33)11-27-20(32)10-17-13-31(6)25(37)39-17/h13,15-16,18-19H,7-12,14H2,1-6H3,(H4,27,28,29,30,32,33,34,36)/p+1. The molecular formula is C26H42N5O7S+. The molecule has 0 saturated carbocycles. The van der Waals surface area contributed by atoms with Gasteiger partial charge in [0, 0.05) is 0 Å². The molecule has 3 atom stereocenters. The first-order valence-corrected chi connectivity index (χ1v) is 14.0. The summed E-state index contributed by atoms with van der Waals surface area (Å²) in [4.78, 5) is 63.5. The van der Waals surface area contributed by atoms with E-state index < -0.39 is 41.3 Å². The first kappa shape index (κ1) is 32.2. The number of thiazole rings is 1. The predicted octanol–water partition coefficient (Wildman–Crippen LogP) is -0.137. The summed E-state index contributed by atoms with van der Waals surface area (Å²) in [6.45, 7) is 9.18. The number of Topliss-reactive ketones (excluding diaryl/α,β-unsaturated/α-hetero) is 1. The Bertz CT molecular complexity index is 1030. The molecule has 1 saturated heterocycles. The summed E-state index contributed by atoms with van der Waals surface area (Å²) in [5.41, 5.74) is -0.871. The van der Waals surface area contributed by atoms with Crippen molar-refractivity contribution in [2.24, 2.45) is 18.9 Å². The average molecular weight is 569 g/mol. The fourth-order valence-electron chi connectivity index (χ4n) is 3.84. The number of nitrogens with zero attached hydrogens (tertiary/aromatic N) is 1. The van der Waals surface area contributed by atoms with Crippen LogP contribution in [0.4, 0.5) is 0 Å². The van der Waals surface area contributed by atoms with Crippen LogP contribution >= 0.6 is 11.3 Å². The number of rotatable bonds is 16. The molecule has 0 spiro atoms. The van der Waals surface area contributed by atoms with E-state index in [1.807, 2.05) is 27.7 Å². The highest BCUT2D eigenvalue weighted by Crippen LogP contribution is 2.29. The van der Waals surface area contributed by atoms with E-state index in [1.54, 1.807) is 20.2 Å². The van der Waals surface area contributed by atoms with Gasteiger partial charge in [-0.05, 0) is 49.4 Å². The molecule has 1 aromatic heterocycles. The molecule has 0 radical (unpaired) electrons. The lowest BCUT2D eigenvalue weighted by atomic mass is 9.94. The lowest BCUT2D eigenvalue weighted by Crippen LogP contribution is -2.53. The zero-order valence-electron chi connectivity index (χ0n) is 23.6. The molecule has 39 heavy (non-hydrogen) atoms. The molecular weight excluding hydrogens is 526 g/mol. The van der Waals surface area contributed by atoms with Crippen LogP contribution in [-0.4, -0.2) is 71.9 Å². The van der Waals surface area contributed by atoms with E-state index >= 15 is 0 Å². The van der Waals surface area contributed by atoms with Crippen LogP contribution in [0.25, 0.3) is 0 Å². The van der Waals surface area contributed by atoms with Gasteiger partial charge in [0.05, 0.1) is 37.0 Å². The molecule has 1 aliphatic heterocycles. The summed E-state index contributed by atoms with van der Waals surface area (Å²) < 4.78 is 6.74. The summed E-state index contributed by atoms with van der Waals surface area (Å²) in [6.07, 6.45) is 3.17. The number of ether oxygens (including phenoxy) is 1. The topological polar surface area (TPSA) is 170 Å². The number of aromatic hydroxyl groups is 1. The largest absolute Gasteiger partial charge is 0.451 e. The maximum absolute atomic E-state index is 12.8. The molecule has 1 fully saturated rings. The molecule has 12 nitrogen and oxygen atoms in total. The van der Waals surface area contributed by atoms with Crippen LogP contribution < -0.4 is 25.8 Å². The maximum Gasteiger partial charge on any atom is 0.427 e. The Morgan fingerprint density at radius 1 is 0.974 bits per heavy atom. The Morgan fingerprint density at radius 2 is 1.56 bits per heavy atom. The molecule has 13 heteroatoms. The van der Waals surface area contributed by atoms with E-state index in [9.17, 15) is 29.1 Å². The van der Waals surface area contributed by atoms with Crippen LogP contribution in [-0.2, 0) is 42.2 Å². The van der Waals surface area contributed by atoms with Gasteiger partial charge in [0.2, 0.25) is 23.6 Å². The van der Waals surface area contributed by atoms with E-state index in [-0.39, 0.29) is 36.4 Å². The third-order valence-electron chi connectivity index (χ3n) is 6.21. The highest BCUT2D eigenvalue weighted by molar-refractivity contribution is 7.13. The highest BCUT2D eigenvalue weighted by Gasteiger charge is 2.49. The van der Waals surface area contributed by atoms with E-state index in [0.717, 1.165) is 17.8 Å². The zero-order valence-corrected chi connectivity index (χ0v) is 24.4. The molecule has 0 bridgehead atoms. The average Bonchev–Trinajstić information content (AvgIpc) is 3.52. The van der Waals surface area contributed by atoms with Gasteiger partial charge in [0.1, 0.15) is 18.7 Å². The minimum absolute atomic E-state index is 0.00328. The Morgan fingerprint density at radius 3 is 2.08 bits per heavy atom. The Labute approximate surface area is 233 Å². The molecule has 1 aliphatic rings. The number of hydrogen-bond acceptors (Lipinski definition) is 8. The van der Waals surface area contributed by atoms with Gasteiger partial charge in [-0.1, -0.05) is 27.7 Å². The van der Waals surface area contributed by atoms with Gasteiger partial charge < -0.3 is 31.1 Å². The number of carbonyl (C=O) groups is 5. The Balaban J connectivity index is 1.86. The van der Waals surface area contributed by atoms with Crippen LogP contribution in [0.1, 0.15) is 58.8 Å². The van der Waals surface area contributed by atoms with Crippen LogP contribution in [0.2, 0.25) is 0 Å². The second kappa shape index (κ2) is 14.4. The van der Waals surface area contributed by atoms with E-state index in [4.69, 9.17) is 4.74 Å². The third kappa shape index (κ3) is 10.9. The van der Waals surface area contributed by atoms with Crippen molar-refractivity contribution in [3.05, 3.63) is 11.1 Å². The minimum atomic E-state index is -0.910. The number of aryl methyl sites for hydroxylation is 1. The fourth-order valence-corrected chi connectivity index (χ4v) is 4.69. The van der Waals surface area contributed by atoms with Crippen LogP contribution in [0.15, 0.2) is 6.20 Å². The fraction of sp³-hybridized carbons (Fsp3) is 0.692. The van der Waals surface area contributed by atoms with Gasteiger partial charge >= 0.3 is 5.19 Å². The van der Waals surface area contributed by atoms with Crippen molar-refractivity contribution in [1.29, 1.82) is 0 Å². The minimum Gasteiger partial charge on any atom is -0.451 e. The summed E-state index contributed by atoms with van der Waals surface area (Å²) in [7, 11) is 1.65. The van der Waals surface area contributed by atoms with Gasteiger partial charge in [-0.15, -0.1) is 0 Å². The molecule has 5 N–H and O–H groups in total. The number of epoxide rings is 1. The number of nitrogens with one attached hydrogen (secondary N) is 4. The van der Waals surface area contributed by atoms with Gasteiger partial charge in [-0.25, -0.2) is 0 Å². The number of amides is 4. The highest BCUT2D eigenvalue weighted by atomic mass is 32.1. The van der Waals surface area contributed by atoms with Crippen LogP contribution in [0.3, 0.4) is 0 Å². The van der Waals surface area contributed by atoms with Gasteiger partial charge in [0.15, 0.2) is 12.0 Å². The SMILES string of the molecule is CC(C)CCC(NC(=O)CNC(=O)C(CC(C)C)NC(=O)CNC(=O)Cc1c[n+](C)c(O)s1)C(=O)C1(C)CO1. The normalized spacial score (nSPS) is 17.8. The smallest absolute Gasteiger partial charge is 0.427 e. The van der Waals surface area contributed by atoms with Crippen LogP contribution in [0, 0.1) is 11.8 Å². The summed E-state index contributed by atoms with van der Waals surface area (Å²) in [6, 6.07) is -1.62. The molecule has 1 aromatic rings. The molecule has 0 aliphatic carbocycles. The molecule has 4 amide bonds. The van der Waals surface area contributed by atoms with Crippen LogP contribution in [0.5, 0.6) is 5.19 Å². The number of ketones is 1. The second-order valence-electron chi connectivity index (χ2n) is 11.0. The molecule has 0 aromatic carbocycles. The number of hydrogen-bond donors (Lipinski definition) is 5. The monoisotopic (exact) mass is 568 g/mol. The van der Waals surface area contributed by atoms with Crippen molar-refractivity contribution >= 4 is 40.7 Å². The summed E-state index contributed by atoms with van der Waals surface area (Å²) >= 11 is 1.07. The lowest BCUT2D eigenvalue weighted by molar-refractivity contribution is -0.672. The Kier molecular flexibility index (Phi) is 11.8. The quantitative estimate of drug-likeness (QED) is 0.137. The van der Waals surface area contributed by atoms with Crippen molar-refractivity contribution in [1.82, 2.24) is 21.3 Å². The van der Waals surface area contributed by atoms with Gasteiger partial charge in [0.25, 0.3) is 0 Å². The van der Waals surface area contributed by atoms with Crippen molar-refractivity contribution in [2.75, 3.05) is 19.7 Å². The van der Waals surface area contributed by atoms with E-state index in [0.29, 0.717) is 30.2 Å². The van der Waals surface area contributed by atoms with Gasteiger partial charge in [-0.3, -0.25) is 24.0 Å². The number of carbonyl (C=O) groups excluding carboxylic acids is 5. The summed E-state index contributed by atoms with van der Waals surface area (Å²) in [5.74, 6) is -1.77. The first-order chi connectivity index (χ1) is 18.2. The maximum atomic E-state index is 12.8. The molecule has 2 rings (SSSR count). The number of aromatic nitrogens is 1. The Hall–Kier alpha value is -3.06. The lowest BCUT2D eigenvalue weighted by Gasteiger charge is -2.22. The second-order valence-corrected chi connectivity index (χ2v) is 12.1. The van der Waals surface area contributed by atoms with Crippen molar-refractivity contribution in [3.8, 4) is 5.19 Å². The molecule has 2 heterocycles. The van der Waals surface area contributed by atoms with Gasteiger partial charge in [-0.2, -0.15) is 4.57 Å². The molecule has 3 unspecified atom stereocenters. The van der Waals surface area contributed by atoms with E-state index in [2.05, 4.69) is 21.3 Å². The van der Waals surface area contributed by atoms with Crippen molar-refractivity contribution in [3.63, 3.8) is 0 Å².